The van der Waals surface area contributed by atoms with E-state index in [0.29, 0.717) is 23.7 Å². The van der Waals surface area contributed by atoms with E-state index >= 15 is 0 Å². The molecule has 0 atom stereocenters. The van der Waals surface area contributed by atoms with Crippen LogP contribution in [0.1, 0.15) is 10.4 Å². The van der Waals surface area contributed by atoms with E-state index in [4.69, 9.17) is 11.6 Å². The second-order valence-corrected chi connectivity index (χ2v) is 3.73. The minimum Gasteiger partial charge on any atom is -0.331 e. The Morgan fingerprint density at radius 3 is 2.44 bits per heavy atom. The summed E-state index contributed by atoms with van der Waals surface area (Å²) < 4.78 is 0. The van der Waals surface area contributed by atoms with Crippen LogP contribution in [0.3, 0.4) is 0 Å². The SMILES string of the molecule is C=CCN(CC=C)C(=O)c1cccc(Cl)c1. The minimum absolute atomic E-state index is 0.0673. The van der Waals surface area contributed by atoms with Gasteiger partial charge in [-0.15, -0.1) is 13.2 Å². The summed E-state index contributed by atoms with van der Waals surface area (Å²) in [7, 11) is 0. The summed E-state index contributed by atoms with van der Waals surface area (Å²) in [5, 5.41) is 0.558. The topological polar surface area (TPSA) is 20.3 Å². The molecule has 1 aromatic rings. The Kier molecular flexibility index (Phi) is 4.80. The molecule has 0 N–H and O–H groups in total. The molecule has 0 spiro atoms. The van der Waals surface area contributed by atoms with Gasteiger partial charge in [0.1, 0.15) is 0 Å². The van der Waals surface area contributed by atoms with Crippen molar-refractivity contribution < 1.29 is 4.79 Å². The van der Waals surface area contributed by atoms with Gasteiger partial charge in [0.05, 0.1) is 0 Å². The molecule has 0 heterocycles. The number of amides is 1. The van der Waals surface area contributed by atoms with Crippen molar-refractivity contribution >= 4 is 17.5 Å². The zero-order valence-corrected chi connectivity index (χ0v) is 9.78. The highest BCUT2D eigenvalue weighted by atomic mass is 35.5. The van der Waals surface area contributed by atoms with Gasteiger partial charge < -0.3 is 4.90 Å². The second kappa shape index (κ2) is 6.13. The number of rotatable bonds is 5. The van der Waals surface area contributed by atoms with Crippen LogP contribution in [0.2, 0.25) is 5.02 Å². The van der Waals surface area contributed by atoms with Crippen molar-refractivity contribution in [3.8, 4) is 0 Å². The fraction of sp³-hybridized carbons (Fsp3) is 0.154. The van der Waals surface area contributed by atoms with E-state index in [1.165, 1.54) is 0 Å². The Labute approximate surface area is 101 Å². The van der Waals surface area contributed by atoms with Crippen LogP contribution in [-0.2, 0) is 0 Å². The molecule has 0 bridgehead atoms. The zero-order valence-electron chi connectivity index (χ0n) is 9.03. The molecule has 2 nitrogen and oxygen atoms in total. The van der Waals surface area contributed by atoms with Crippen molar-refractivity contribution in [2.24, 2.45) is 0 Å². The van der Waals surface area contributed by atoms with E-state index in [-0.39, 0.29) is 5.91 Å². The van der Waals surface area contributed by atoms with Crippen LogP contribution < -0.4 is 0 Å². The van der Waals surface area contributed by atoms with Crippen molar-refractivity contribution in [3.05, 3.63) is 60.2 Å². The number of carbonyl (C=O) groups is 1. The smallest absolute Gasteiger partial charge is 0.254 e. The molecule has 0 aromatic heterocycles. The fourth-order valence-corrected chi connectivity index (χ4v) is 1.55. The number of carbonyl (C=O) groups excluding carboxylic acids is 1. The zero-order chi connectivity index (χ0) is 12.0. The normalized spacial score (nSPS) is 9.56. The molecule has 0 unspecified atom stereocenters. The van der Waals surface area contributed by atoms with Crippen LogP contribution in [0, 0.1) is 0 Å². The van der Waals surface area contributed by atoms with Crippen molar-refractivity contribution in [2.45, 2.75) is 0 Å². The number of benzene rings is 1. The maximum Gasteiger partial charge on any atom is 0.254 e. The van der Waals surface area contributed by atoms with Crippen LogP contribution >= 0.6 is 11.6 Å². The molecule has 0 fully saturated rings. The largest absolute Gasteiger partial charge is 0.331 e. The van der Waals surface area contributed by atoms with Crippen LogP contribution in [0.5, 0.6) is 0 Å². The van der Waals surface area contributed by atoms with Crippen molar-refractivity contribution in [2.75, 3.05) is 13.1 Å². The molecule has 0 saturated carbocycles. The summed E-state index contributed by atoms with van der Waals surface area (Å²) in [6, 6.07) is 6.90. The van der Waals surface area contributed by atoms with Gasteiger partial charge in [-0.1, -0.05) is 29.8 Å². The first-order valence-electron chi connectivity index (χ1n) is 4.95. The predicted molar refractivity (Wildman–Crippen MR) is 67.7 cm³/mol. The van der Waals surface area contributed by atoms with Gasteiger partial charge in [-0.3, -0.25) is 4.79 Å². The summed E-state index contributed by atoms with van der Waals surface area (Å²) >= 11 is 5.84. The van der Waals surface area contributed by atoms with Crippen molar-refractivity contribution in [3.63, 3.8) is 0 Å². The van der Waals surface area contributed by atoms with Gasteiger partial charge in [0.15, 0.2) is 0 Å². The molecule has 0 aliphatic rings. The first-order chi connectivity index (χ1) is 7.69. The molecule has 3 heteroatoms. The summed E-state index contributed by atoms with van der Waals surface area (Å²) in [6.07, 6.45) is 3.37. The number of halogens is 1. The number of hydrogen-bond acceptors (Lipinski definition) is 1. The Balaban J connectivity index is 2.89. The van der Waals surface area contributed by atoms with Gasteiger partial charge in [0.2, 0.25) is 0 Å². The van der Waals surface area contributed by atoms with Gasteiger partial charge in [0.25, 0.3) is 5.91 Å². The maximum absolute atomic E-state index is 12.0. The molecule has 0 saturated heterocycles. The van der Waals surface area contributed by atoms with E-state index < -0.39 is 0 Å². The van der Waals surface area contributed by atoms with Crippen LogP contribution in [0.25, 0.3) is 0 Å². The van der Waals surface area contributed by atoms with Gasteiger partial charge >= 0.3 is 0 Å². The summed E-state index contributed by atoms with van der Waals surface area (Å²) in [6.45, 7) is 8.24. The molecule has 1 rings (SSSR count). The molecule has 0 aliphatic carbocycles. The lowest BCUT2D eigenvalue weighted by molar-refractivity contribution is 0.0791. The van der Waals surface area contributed by atoms with Crippen molar-refractivity contribution in [1.82, 2.24) is 4.90 Å². The van der Waals surface area contributed by atoms with Crippen molar-refractivity contribution in [1.29, 1.82) is 0 Å². The molecule has 84 valence electrons. The van der Waals surface area contributed by atoms with Gasteiger partial charge in [-0.25, -0.2) is 0 Å². The quantitative estimate of drug-likeness (QED) is 0.718. The summed E-state index contributed by atoms with van der Waals surface area (Å²) in [5.41, 5.74) is 0.580. The average Bonchev–Trinajstić information content (AvgIpc) is 2.28. The molecular formula is C13H14ClNO. The first-order valence-corrected chi connectivity index (χ1v) is 5.33. The number of hydrogen-bond donors (Lipinski definition) is 0. The lowest BCUT2D eigenvalue weighted by Crippen LogP contribution is -2.31. The van der Waals surface area contributed by atoms with E-state index in [0.717, 1.165) is 0 Å². The van der Waals surface area contributed by atoms with E-state index in [1.807, 2.05) is 0 Å². The fourth-order valence-electron chi connectivity index (χ4n) is 1.36. The molecule has 1 aromatic carbocycles. The van der Waals surface area contributed by atoms with E-state index in [9.17, 15) is 4.79 Å². The predicted octanol–water partition coefficient (Wildman–Crippen LogP) is 3.15. The van der Waals surface area contributed by atoms with E-state index in [2.05, 4.69) is 13.2 Å². The highest BCUT2D eigenvalue weighted by Crippen LogP contribution is 2.12. The summed E-state index contributed by atoms with van der Waals surface area (Å²) in [5.74, 6) is -0.0673. The average molecular weight is 236 g/mol. The van der Waals surface area contributed by atoms with Gasteiger partial charge in [0, 0.05) is 23.7 Å². The highest BCUT2D eigenvalue weighted by Gasteiger charge is 2.12. The van der Waals surface area contributed by atoms with Crippen LogP contribution in [0.4, 0.5) is 0 Å². The lowest BCUT2D eigenvalue weighted by atomic mass is 10.2. The molecule has 16 heavy (non-hydrogen) atoms. The standard InChI is InChI=1S/C13H14ClNO/c1-3-8-15(9-4-2)13(16)11-6-5-7-12(14)10-11/h3-7,10H,1-2,8-9H2. The third-order valence-electron chi connectivity index (χ3n) is 2.06. The second-order valence-electron chi connectivity index (χ2n) is 3.30. The molecular weight excluding hydrogens is 222 g/mol. The monoisotopic (exact) mass is 235 g/mol. The highest BCUT2D eigenvalue weighted by molar-refractivity contribution is 6.30. The Hall–Kier alpha value is -1.54. The molecule has 0 radical (unpaired) electrons. The molecule has 1 amide bonds. The lowest BCUT2D eigenvalue weighted by Gasteiger charge is -2.19. The van der Waals surface area contributed by atoms with E-state index in [1.54, 1.807) is 41.3 Å². The van der Waals surface area contributed by atoms with Crippen LogP contribution in [-0.4, -0.2) is 23.9 Å². The van der Waals surface area contributed by atoms with Gasteiger partial charge in [-0.2, -0.15) is 0 Å². The Bertz CT molecular complexity index is 391. The third kappa shape index (κ3) is 3.24. The Morgan fingerprint density at radius 2 is 1.94 bits per heavy atom. The number of nitrogens with zero attached hydrogens (tertiary/aromatic N) is 1. The first kappa shape index (κ1) is 12.5. The van der Waals surface area contributed by atoms with Gasteiger partial charge in [-0.05, 0) is 18.2 Å². The molecule has 0 aliphatic heterocycles. The summed E-state index contributed by atoms with van der Waals surface area (Å²) in [4.78, 5) is 13.7. The van der Waals surface area contributed by atoms with Crippen LogP contribution in [0.15, 0.2) is 49.6 Å². The Morgan fingerprint density at radius 1 is 1.31 bits per heavy atom. The minimum atomic E-state index is -0.0673. The third-order valence-corrected chi connectivity index (χ3v) is 2.29. The maximum atomic E-state index is 12.0.